The molecular formula is C74H126O6. The van der Waals surface area contributed by atoms with E-state index in [-0.39, 0.29) is 31.1 Å². The molecule has 0 fully saturated rings. The van der Waals surface area contributed by atoms with Crippen LogP contribution in [0.4, 0.5) is 0 Å². The summed E-state index contributed by atoms with van der Waals surface area (Å²) >= 11 is 0. The molecule has 0 aromatic heterocycles. The van der Waals surface area contributed by atoms with Gasteiger partial charge in [0, 0.05) is 19.3 Å². The van der Waals surface area contributed by atoms with Crippen LogP contribution in [-0.2, 0) is 28.6 Å². The number of rotatable bonds is 61. The van der Waals surface area contributed by atoms with Crippen LogP contribution in [-0.4, -0.2) is 37.2 Å². The van der Waals surface area contributed by atoms with E-state index >= 15 is 0 Å². The fourth-order valence-electron chi connectivity index (χ4n) is 9.52. The SMILES string of the molecule is CC/C=C\C/C=C\C/C=C\C/C=C\C/C=C\CCCCCC(=O)OCC(COC(=O)CCCCCCCCCCCCCCCCCCCCCCCC)OC(=O)CCCCCCCCCC/C=C\C/C=C\C/C=C\C/C=C\CC. The van der Waals surface area contributed by atoms with Gasteiger partial charge in [0.25, 0.3) is 0 Å². The first-order valence-corrected chi connectivity index (χ1v) is 33.9. The summed E-state index contributed by atoms with van der Waals surface area (Å²) < 4.78 is 17.0. The van der Waals surface area contributed by atoms with E-state index in [2.05, 4.69) is 130 Å². The molecule has 0 rings (SSSR count). The summed E-state index contributed by atoms with van der Waals surface area (Å²) in [6, 6.07) is 0. The lowest BCUT2D eigenvalue weighted by atomic mass is 10.0. The molecule has 0 radical (unpaired) electrons. The predicted molar refractivity (Wildman–Crippen MR) is 348 cm³/mol. The molecular weight excluding hydrogens is 985 g/mol. The first-order chi connectivity index (χ1) is 39.5. The van der Waals surface area contributed by atoms with Crippen LogP contribution >= 0.6 is 0 Å². The smallest absolute Gasteiger partial charge is 0.306 e. The molecule has 6 heteroatoms. The minimum absolute atomic E-state index is 0.0906. The van der Waals surface area contributed by atoms with Crippen molar-refractivity contribution in [2.75, 3.05) is 13.2 Å². The molecule has 0 aliphatic carbocycles. The molecule has 0 aromatic rings. The molecule has 0 heterocycles. The molecule has 0 aromatic carbocycles. The molecule has 1 unspecified atom stereocenters. The summed E-state index contributed by atoms with van der Waals surface area (Å²) in [4.78, 5) is 38.4. The van der Waals surface area contributed by atoms with Crippen LogP contribution in [0.25, 0.3) is 0 Å². The molecule has 80 heavy (non-hydrogen) atoms. The molecule has 0 amide bonds. The van der Waals surface area contributed by atoms with Gasteiger partial charge in [-0.2, -0.15) is 0 Å². The van der Waals surface area contributed by atoms with Crippen LogP contribution in [0.1, 0.15) is 323 Å². The summed E-state index contributed by atoms with van der Waals surface area (Å²) in [6.07, 6.45) is 92.4. The number of allylic oxidation sites excluding steroid dienone is 18. The van der Waals surface area contributed by atoms with Crippen molar-refractivity contribution in [1.29, 1.82) is 0 Å². The van der Waals surface area contributed by atoms with Gasteiger partial charge in [-0.15, -0.1) is 0 Å². The van der Waals surface area contributed by atoms with Gasteiger partial charge in [0.2, 0.25) is 0 Å². The van der Waals surface area contributed by atoms with Gasteiger partial charge < -0.3 is 14.2 Å². The molecule has 458 valence electrons. The van der Waals surface area contributed by atoms with Crippen LogP contribution in [0.2, 0.25) is 0 Å². The lowest BCUT2D eigenvalue weighted by molar-refractivity contribution is -0.167. The van der Waals surface area contributed by atoms with Crippen LogP contribution < -0.4 is 0 Å². The topological polar surface area (TPSA) is 78.9 Å². The van der Waals surface area contributed by atoms with Gasteiger partial charge in [-0.1, -0.05) is 310 Å². The van der Waals surface area contributed by atoms with E-state index in [9.17, 15) is 14.4 Å². The number of carbonyl (C=O) groups excluding carboxylic acids is 3. The molecule has 0 N–H and O–H groups in total. The Labute approximate surface area is 495 Å². The summed E-state index contributed by atoms with van der Waals surface area (Å²) in [5.74, 6) is -0.919. The maximum Gasteiger partial charge on any atom is 0.306 e. The highest BCUT2D eigenvalue weighted by atomic mass is 16.6. The summed E-state index contributed by atoms with van der Waals surface area (Å²) in [5.41, 5.74) is 0. The first kappa shape index (κ1) is 76.1. The van der Waals surface area contributed by atoms with Gasteiger partial charge in [-0.25, -0.2) is 0 Å². The zero-order chi connectivity index (χ0) is 57.8. The normalized spacial score (nSPS) is 12.8. The van der Waals surface area contributed by atoms with E-state index < -0.39 is 6.10 Å². The Hall–Kier alpha value is -3.93. The minimum atomic E-state index is -0.799. The van der Waals surface area contributed by atoms with E-state index in [0.717, 1.165) is 128 Å². The maximum atomic E-state index is 13.0. The highest BCUT2D eigenvalue weighted by molar-refractivity contribution is 5.71. The highest BCUT2D eigenvalue weighted by Gasteiger charge is 2.19. The Morgan fingerprint density at radius 2 is 0.487 bits per heavy atom. The second-order valence-electron chi connectivity index (χ2n) is 22.3. The van der Waals surface area contributed by atoms with Crippen LogP contribution in [0.5, 0.6) is 0 Å². The average molecular weight is 1110 g/mol. The van der Waals surface area contributed by atoms with Crippen molar-refractivity contribution in [3.05, 3.63) is 109 Å². The van der Waals surface area contributed by atoms with Gasteiger partial charge in [-0.05, 0) is 103 Å². The maximum absolute atomic E-state index is 13.0. The molecule has 0 bridgehead atoms. The van der Waals surface area contributed by atoms with Crippen LogP contribution in [0, 0.1) is 0 Å². The number of esters is 3. The van der Waals surface area contributed by atoms with Crippen LogP contribution in [0.3, 0.4) is 0 Å². The molecule has 1 atom stereocenters. The standard InChI is InChI=1S/C74H126O6/c1-4-7-10-13-16-19-22-25-28-31-34-36-38-40-43-46-49-52-55-58-61-64-67-73(76)79-70-71(69-78-72(75)66-63-60-57-54-51-48-45-42-39-33-30-27-24-21-18-15-12-9-6-3)80-74(77)68-65-62-59-56-53-50-47-44-41-37-35-32-29-26-23-20-17-14-11-8-5-2/h8-9,11-12,17-18,20-21,26-27,29-30,35,37,39,42,48,51,71H,4-7,10,13-16,19,22-25,28,31-34,36,38,40-41,43-47,49-50,52-70H2,1-3H3/b11-8-,12-9-,20-17-,21-18-,29-26-,30-27-,37-35-,42-39-,51-48-. The van der Waals surface area contributed by atoms with E-state index in [1.54, 1.807) is 0 Å². The van der Waals surface area contributed by atoms with E-state index in [0.29, 0.717) is 19.3 Å². The summed E-state index contributed by atoms with van der Waals surface area (Å²) in [6.45, 7) is 6.42. The quantitative estimate of drug-likeness (QED) is 0.0261. The van der Waals surface area contributed by atoms with E-state index in [4.69, 9.17) is 14.2 Å². The minimum Gasteiger partial charge on any atom is -0.462 e. The van der Waals surface area contributed by atoms with Crippen LogP contribution in [0.15, 0.2) is 109 Å². The zero-order valence-electron chi connectivity index (χ0n) is 52.6. The Balaban J connectivity index is 4.43. The second kappa shape index (κ2) is 67.6. The van der Waals surface area contributed by atoms with Gasteiger partial charge >= 0.3 is 17.9 Å². The number of hydrogen-bond donors (Lipinski definition) is 0. The van der Waals surface area contributed by atoms with Crippen molar-refractivity contribution in [2.24, 2.45) is 0 Å². The fourth-order valence-corrected chi connectivity index (χ4v) is 9.52. The zero-order valence-corrected chi connectivity index (χ0v) is 52.6. The molecule has 0 saturated heterocycles. The molecule has 0 spiro atoms. The molecule has 0 saturated carbocycles. The van der Waals surface area contributed by atoms with E-state index in [1.165, 1.54) is 154 Å². The number of unbranched alkanes of at least 4 members (excludes halogenated alkanes) is 32. The Morgan fingerprint density at radius 1 is 0.263 bits per heavy atom. The largest absolute Gasteiger partial charge is 0.462 e. The monoisotopic (exact) mass is 1110 g/mol. The summed E-state index contributed by atoms with van der Waals surface area (Å²) in [5, 5.41) is 0. The van der Waals surface area contributed by atoms with Crippen molar-refractivity contribution >= 4 is 17.9 Å². The predicted octanol–water partition coefficient (Wildman–Crippen LogP) is 23.4. The Morgan fingerprint density at radius 3 is 0.775 bits per heavy atom. The molecule has 0 aliphatic rings. The summed E-state index contributed by atoms with van der Waals surface area (Å²) in [7, 11) is 0. The number of hydrogen-bond acceptors (Lipinski definition) is 6. The van der Waals surface area contributed by atoms with Crippen molar-refractivity contribution in [1.82, 2.24) is 0 Å². The lowest BCUT2D eigenvalue weighted by Gasteiger charge is -2.18. The third kappa shape index (κ3) is 64.9. The van der Waals surface area contributed by atoms with Gasteiger partial charge in [-0.3, -0.25) is 14.4 Å². The van der Waals surface area contributed by atoms with Crippen molar-refractivity contribution < 1.29 is 28.6 Å². The number of carbonyl (C=O) groups is 3. The van der Waals surface area contributed by atoms with Crippen molar-refractivity contribution in [2.45, 2.75) is 329 Å². The molecule has 0 aliphatic heterocycles. The van der Waals surface area contributed by atoms with Gasteiger partial charge in [0.15, 0.2) is 6.10 Å². The second-order valence-corrected chi connectivity index (χ2v) is 22.3. The van der Waals surface area contributed by atoms with E-state index in [1.807, 2.05) is 0 Å². The third-order valence-electron chi connectivity index (χ3n) is 14.5. The number of ether oxygens (including phenoxy) is 3. The van der Waals surface area contributed by atoms with Crippen molar-refractivity contribution in [3.63, 3.8) is 0 Å². The Bertz CT molecular complexity index is 1610. The Kier molecular flexibility index (Phi) is 64.3. The average Bonchev–Trinajstić information content (AvgIpc) is 3.46. The van der Waals surface area contributed by atoms with Gasteiger partial charge in [0.05, 0.1) is 0 Å². The fraction of sp³-hybridized carbons (Fsp3) is 0.716. The first-order valence-electron chi connectivity index (χ1n) is 33.9. The van der Waals surface area contributed by atoms with Gasteiger partial charge in [0.1, 0.15) is 13.2 Å². The third-order valence-corrected chi connectivity index (χ3v) is 14.5. The lowest BCUT2D eigenvalue weighted by Crippen LogP contribution is -2.30. The highest BCUT2D eigenvalue weighted by Crippen LogP contribution is 2.17. The molecule has 6 nitrogen and oxygen atoms in total. The van der Waals surface area contributed by atoms with Crippen molar-refractivity contribution in [3.8, 4) is 0 Å².